The van der Waals surface area contributed by atoms with E-state index < -0.39 is 0 Å². The van der Waals surface area contributed by atoms with E-state index in [1.807, 2.05) is 12.4 Å². The highest BCUT2D eigenvalue weighted by Crippen LogP contribution is 2.43. The van der Waals surface area contributed by atoms with Crippen molar-refractivity contribution in [3.63, 3.8) is 0 Å². The first-order valence-electron chi connectivity index (χ1n) is 11.7. The SMILES string of the molecule is O=C(CCCCCCC(=O)N/N=C\[C@H]1C[C@H]2C=C[C@H]1C2)N/N=C\[C@H]1C[C@H]2C=C[C@H]1C2. The van der Waals surface area contributed by atoms with Crippen molar-refractivity contribution in [3.8, 4) is 0 Å². The van der Waals surface area contributed by atoms with Gasteiger partial charge in [0.2, 0.25) is 11.8 Å². The van der Waals surface area contributed by atoms with Gasteiger partial charge in [-0.15, -0.1) is 0 Å². The molecule has 4 aliphatic rings. The second-order valence-corrected chi connectivity index (χ2v) is 9.43. The van der Waals surface area contributed by atoms with Crippen LogP contribution in [0.5, 0.6) is 0 Å². The smallest absolute Gasteiger partial charge is 0.240 e. The molecule has 6 heteroatoms. The number of nitrogens with one attached hydrogen (secondary N) is 2. The minimum Gasteiger partial charge on any atom is -0.273 e. The van der Waals surface area contributed by atoms with Crippen LogP contribution in [0.1, 0.15) is 64.2 Å². The topological polar surface area (TPSA) is 82.9 Å². The Morgan fingerprint density at radius 3 is 1.53 bits per heavy atom. The molecule has 2 fully saturated rings. The maximum atomic E-state index is 11.9. The molecular formula is C24H34N4O2. The molecule has 6 atom stereocenters. The number of fused-ring (bicyclic) bond motifs is 4. The van der Waals surface area contributed by atoms with Crippen LogP contribution in [0, 0.1) is 35.5 Å². The molecule has 30 heavy (non-hydrogen) atoms. The average Bonchev–Trinajstić information content (AvgIpc) is 3.52. The summed E-state index contributed by atoms with van der Waals surface area (Å²) < 4.78 is 0. The first-order chi connectivity index (χ1) is 14.7. The predicted molar refractivity (Wildman–Crippen MR) is 119 cm³/mol. The summed E-state index contributed by atoms with van der Waals surface area (Å²) in [5.74, 6) is 3.61. The minimum absolute atomic E-state index is 0.0208. The van der Waals surface area contributed by atoms with Crippen molar-refractivity contribution in [3.05, 3.63) is 24.3 Å². The summed E-state index contributed by atoms with van der Waals surface area (Å²) in [6, 6.07) is 0. The van der Waals surface area contributed by atoms with Crippen molar-refractivity contribution in [1.29, 1.82) is 0 Å². The zero-order chi connectivity index (χ0) is 20.8. The number of hydrogen-bond acceptors (Lipinski definition) is 4. The summed E-state index contributed by atoms with van der Waals surface area (Å²) in [6.07, 6.45) is 22.4. The Labute approximate surface area is 179 Å². The molecule has 4 aliphatic carbocycles. The van der Waals surface area contributed by atoms with Gasteiger partial charge in [0.1, 0.15) is 0 Å². The lowest BCUT2D eigenvalue weighted by atomic mass is 9.95. The average molecular weight is 411 g/mol. The number of hydrazone groups is 2. The molecule has 4 rings (SSSR count). The third-order valence-electron chi connectivity index (χ3n) is 7.13. The van der Waals surface area contributed by atoms with Gasteiger partial charge < -0.3 is 0 Å². The van der Waals surface area contributed by atoms with Crippen LogP contribution in [0.4, 0.5) is 0 Å². The Kier molecular flexibility index (Phi) is 7.13. The van der Waals surface area contributed by atoms with Crippen LogP contribution < -0.4 is 10.9 Å². The third kappa shape index (κ3) is 5.67. The van der Waals surface area contributed by atoms with Crippen LogP contribution in [0.15, 0.2) is 34.5 Å². The van der Waals surface area contributed by atoms with E-state index in [9.17, 15) is 9.59 Å². The largest absolute Gasteiger partial charge is 0.273 e. The molecular weight excluding hydrogens is 376 g/mol. The highest BCUT2D eigenvalue weighted by atomic mass is 16.2. The fourth-order valence-electron chi connectivity index (χ4n) is 5.44. The van der Waals surface area contributed by atoms with Crippen LogP contribution in [-0.2, 0) is 9.59 Å². The zero-order valence-electron chi connectivity index (χ0n) is 17.7. The van der Waals surface area contributed by atoms with E-state index in [1.165, 1.54) is 25.7 Å². The van der Waals surface area contributed by atoms with E-state index in [0.29, 0.717) is 36.5 Å². The molecule has 0 aromatic heterocycles. The van der Waals surface area contributed by atoms with Crippen molar-refractivity contribution in [1.82, 2.24) is 10.9 Å². The fourth-order valence-corrected chi connectivity index (χ4v) is 5.44. The molecule has 0 spiro atoms. The highest BCUT2D eigenvalue weighted by Gasteiger charge is 2.35. The van der Waals surface area contributed by atoms with Gasteiger partial charge in [-0.1, -0.05) is 37.1 Å². The second kappa shape index (κ2) is 10.2. The molecule has 2 saturated carbocycles. The van der Waals surface area contributed by atoms with E-state index in [2.05, 4.69) is 45.4 Å². The quantitative estimate of drug-likeness (QED) is 0.234. The van der Waals surface area contributed by atoms with Crippen LogP contribution in [0.3, 0.4) is 0 Å². The number of allylic oxidation sites excluding steroid dienone is 4. The van der Waals surface area contributed by atoms with Gasteiger partial charge in [0, 0.05) is 37.1 Å². The molecule has 0 saturated heterocycles. The first-order valence-corrected chi connectivity index (χ1v) is 11.7. The van der Waals surface area contributed by atoms with Crippen LogP contribution in [-0.4, -0.2) is 24.2 Å². The highest BCUT2D eigenvalue weighted by molar-refractivity contribution is 5.77. The van der Waals surface area contributed by atoms with Gasteiger partial charge in [-0.3, -0.25) is 9.59 Å². The fraction of sp³-hybridized carbons (Fsp3) is 0.667. The zero-order valence-corrected chi connectivity index (χ0v) is 17.7. The Hall–Kier alpha value is -2.24. The van der Waals surface area contributed by atoms with E-state index in [0.717, 1.165) is 37.5 Å². The molecule has 162 valence electrons. The van der Waals surface area contributed by atoms with E-state index >= 15 is 0 Å². The molecule has 0 heterocycles. The standard InChI is InChI=1S/C24H34N4O2/c29-23(27-25-15-21-13-17-7-9-19(21)11-17)5-3-1-2-4-6-24(30)28-26-16-22-14-18-8-10-20(22)12-18/h7-10,15-22H,1-6,11-14H2,(H,27,29)(H,28,30)/b25-15-,26-16-/t17-,18-,19-,20-,21+,22+/m0/s1. The van der Waals surface area contributed by atoms with Crippen LogP contribution >= 0.6 is 0 Å². The Morgan fingerprint density at radius 1 is 0.700 bits per heavy atom. The minimum atomic E-state index is -0.0208. The van der Waals surface area contributed by atoms with Crippen molar-refractivity contribution < 1.29 is 9.59 Å². The number of amides is 2. The van der Waals surface area contributed by atoms with E-state index in [1.54, 1.807) is 0 Å². The summed E-state index contributed by atoms with van der Waals surface area (Å²) in [7, 11) is 0. The van der Waals surface area contributed by atoms with Crippen LogP contribution in [0.2, 0.25) is 0 Å². The molecule has 2 N–H and O–H groups in total. The second-order valence-electron chi connectivity index (χ2n) is 9.43. The number of carbonyl (C=O) groups excluding carboxylic acids is 2. The van der Waals surface area contributed by atoms with Gasteiger partial charge >= 0.3 is 0 Å². The third-order valence-corrected chi connectivity index (χ3v) is 7.13. The molecule has 4 bridgehead atoms. The summed E-state index contributed by atoms with van der Waals surface area (Å²) >= 11 is 0. The summed E-state index contributed by atoms with van der Waals surface area (Å²) in [5.41, 5.74) is 5.31. The number of nitrogens with zero attached hydrogens (tertiary/aromatic N) is 2. The lowest BCUT2D eigenvalue weighted by molar-refractivity contribution is -0.122. The van der Waals surface area contributed by atoms with Crippen molar-refractivity contribution >= 4 is 24.2 Å². The number of carbonyl (C=O) groups is 2. The lowest BCUT2D eigenvalue weighted by Crippen LogP contribution is -2.19. The Morgan fingerprint density at radius 2 is 1.17 bits per heavy atom. The molecule has 2 amide bonds. The summed E-state index contributed by atoms with van der Waals surface area (Å²) in [5, 5.41) is 8.30. The molecule has 0 aromatic rings. The predicted octanol–water partition coefficient (Wildman–Crippen LogP) is 3.96. The molecule has 0 aromatic carbocycles. The molecule has 0 radical (unpaired) electrons. The number of hydrogen-bond donors (Lipinski definition) is 2. The van der Waals surface area contributed by atoms with E-state index in [-0.39, 0.29) is 11.8 Å². The van der Waals surface area contributed by atoms with Gasteiger partial charge in [-0.25, -0.2) is 10.9 Å². The summed E-state index contributed by atoms with van der Waals surface area (Å²) in [4.78, 5) is 23.7. The number of rotatable bonds is 11. The first kappa shape index (κ1) is 21.0. The normalized spacial score (nSPS) is 33.3. The van der Waals surface area contributed by atoms with Crippen molar-refractivity contribution in [2.24, 2.45) is 45.7 Å². The van der Waals surface area contributed by atoms with Gasteiger partial charge in [-0.05, 0) is 62.2 Å². The molecule has 0 unspecified atom stereocenters. The maximum absolute atomic E-state index is 11.9. The summed E-state index contributed by atoms with van der Waals surface area (Å²) in [6.45, 7) is 0. The maximum Gasteiger partial charge on any atom is 0.240 e. The lowest BCUT2D eigenvalue weighted by Gasteiger charge is -2.12. The molecule has 0 aliphatic heterocycles. The van der Waals surface area contributed by atoms with E-state index in [4.69, 9.17) is 0 Å². The van der Waals surface area contributed by atoms with Gasteiger partial charge in [0.15, 0.2) is 0 Å². The van der Waals surface area contributed by atoms with Crippen molar-refractivity contribution in [2.75, 3.05) is 0 Å². The van der Waals surface area contributed by atoms with Crippen LogP contribution in [0.25, 0.3) is 0 Å². The number of unbranched alkanes of at least 4 members (excludes halogenated alkanes) is 3. The van der Waals surface area contributed by atoms with Gasteiger partial charge in [0.05, 0.1) is 0 Å². The Balaban J connectivity index is 0.981. The monoisotopic (exact) mass is 410 g/mol. The van der Waals surface area contributed by atoms with Crippen molar-refractivity contribution in [2.45, 2.75) is 64.2 Å². The molecule has 6 nitrogen and oxygen atoms in total. The van der Waals surface area contributed by atoms with Gasteiger partial charge in [0.25, 0.3) is 0 Å². The Bertz CT molecular complexity index is 679. The van der Waals surface area contributed by atoms with Gasteiger partial charge in [-0.2, -0.15) is 10.2 Å².